The van der Waals surface area contributed by atoms with Gasteiger partial charge in [-0.05, 0) is 18.2 Å². The van der Waals surface area contributed by atoms with Crippen LogP contribution in [-0.2, 0) is 16.1 Å². The van der Waals surface area contributed by atoms with Crippen molar-refractivity contribution < 1.29 is 23.8 Å². The molecule has 4 rings (SSSR count). The van der Waals surface area contributed by atoms with E-state index in [-0.39, 0.29) is 32.1 Å². The lowest BCUT2D eigenvalue weighted by atomic mass is 10.2. The van der Waals surface area contributed by atoms with Crippen LogP contribution in [0, 0.1) is 5.82 Å². The van der Waals surface area contributed by atoms with E-state index in [1.165, 1.54) is 11.0 Å². The van der Waals surface area contributed by atoms with Crippen LogP contribution in [0.1, 0.15) is 16.1 Å². The van der Waals surface area contributed by atoms with E-state index in [1.54, 1.807) is 28.8 Å². The number of benzene rings is 2. The SMILES string of the molecule is O=C(O)[C@@H]1COCCN1C(=O)c1cc2ccccc2n1Cc1ccccc1F. The van der Waals surface area contributed by atoms with Crippen LogP contribution >= 0.6 is 0 Å². The third kappa shape index (κ3) is 3.25. The summed E-state index contributed by atoms with van der Waals surface area (Å²) in [7, 11) is 0. The van der Waals surface area contributed by atoms with Gasteiger partial charge in [0.25, 0.3) is 5.91 Å². The van der Waals surface area contributed by atoms with Crippen molar-refractivity contribution in [2.45, 2.75) is 12.6 Å². The maximum absolute atomic E-state index is 14.2. The standard InChI is InChI=1S/C21H19FN2O4/c22-16-7-3-1-6-15(16)12-24-17-8-4-2-5-14(17)11-18(24)20(25)23-9-10-28-13-19(23)21(26)27/h1-8,11,19H,9-10,12-13H2,(H,26,27)/t19-/m0/s1. The van der Waals surface area contributed by atoms with Crippen molar-refractivity contribution in [2.24, 2.45) is 0 Å². The van der Waals surface area contributed by atoms with Gasteiger partial charge in [-0.3, -0.25) is 4.79 Å². The summed E-state index contributed by atoms with van der Waals surface area (Å²) in [5.41, 5.74) is 1.57. The van der Waals surface area contributed by atoms with Gasteiger partial charge in [0.15, 0.2) is 6.04 Å². The average Bonchev–Trinajstić information content (AvgIpc) is 3.07. The zero-order chi connectivity index (χ0) is 19.7. The van der Waals surface area contributed by atoms with E-state index in [0.717, 1.165) is 10.9 Å². The second-order valence-electron chi connectivity index (χ2n) is 6.69. The van der Waals surface area contributed by atoms with E-state index in [4.69, 9.17) is 4.74 Å². The van der Waals surface area contributed by atoms with E-state index in [9.17, 15) is 19.1 Å². The summed E-state index contributed by atoms with van der Waals surface area (Å²) in [5.74, 6) is -1.86. The van der Waals surface area contributed by atoms with Gasteiger partial charge in [0.1, 0.15) is 11.5 Å². The second-order valence-corrected chi connectivity index (χ2v) is 6.69. The molecule has 1 saturated heterocycles. The number of morpholine rings is 1. The minimum atomic E-state index is -1.11. The topological polar surface area (TPSA) is 71.8 Å². The number of hydrogen-bond donors (Lipinski definition) is 1. The quantitative estimate of drug-likeness (QED) is 0.753. The number of aliphatic carboxylic acids is 1. The van der Waals surface area contributed by atoms with Crippen LogP contribution in [0.25, 0.3) is 10.9 Å². The minimum Gasteiger partial charge on any atom is -0.480 e. The molecule has 0 spiro atoms. The van der Waals surface area contributed by atoms with Crippen LogP contribution in [0.5, 0.6) is 0 Å². The molecule has 1 aliphatic heterocycles. The van der Waals surface area contributed by atoms with Crippen molar-refractivity contribution in [1.82, 2.24) is 9.47 Å². The molecular formula is C21H19FN2O4. The maximum Gasteiger partial charge on any atom is 0.328 e. The smallest absolute Gasteiger partial charge is 0.328 e. The van der Waals surface area contributed by atoms with Gasteiger partial charge in [-0.25, -0.2) is 9.18 Å². The van der Waals surface area contributed by atoms with Crippen LogP contribution in [0.3, 0.4) is 0 Å². The summed E-state index contributed by atoms with van der Waals surface area (Å²) in [6.45, 7) is 0.595. The molecule has 1 amide bonds. The van der Waals surface area contributed by atoms with Crippen molar-refractivity contribution in [2.75, 3.05) is 19.8 Å². The van der Waals surface area contributed by atoms with Crippen molar-refractivity contribution in [3.05, 3.63) is 71.7 Å². The number of nitrogens with zero attached hydrogens (tertiary/aromatic N) is 2. The van der Waals surface area contributed by atoms with Crippen LogP contribution in [-0.4, -0.2) is 52.3 Å². The third-order valence-electron chi connectivity index (χ3n) is 4.99. The third-order valence-corrected chi connectivity index (χ3v) is 4.99. The number of carboxylic acids is 1. The Morgan fingerprint density at radius 2 is 1.89 bits per heavy atom. The number of aromatic nitrogens is 1. The molecule has 1 aromatic heterocycles. The molecule has 3 aromatic rings. The molecule has 1 N–H and O–H groups in total. The van der Waals surface area contributed by atoms with E-state index in [2.05, 4.69) is 0 Å². The number of carbonyl (C=O) groups excluding carboxylic acids is 1. The monoisotopic (exact) mass is 382 g/mol. The first kappa shape index (κ1) is 18.2. The molecule has 6 nitrogen and oxygen atoms in total. The first-order valence-electron chi connectivity index (χ1n) is 8.99. The summed E-state index contributed by atoms with van der Waals surface area (Å²) in [6, 6.07) is 14.5. The lowest BCUT2D eigenvalue weighted by molar-refractivity contribution is -0.147. The Hall–Kier alpha value is -3.19. The fraction of sp³-hybridized carbons (Fsp3) is 0.238. The van der Waals surface area contributed by atoms with Gasteiger partial charge in [0.05, 0.1) is 19.8 Å². The molecule has 1 fully saturated rings. The molecule has 144 valence electrons. The molecule has 0 saturated carbocycles. The van der Waals surface area contributed by atoms with Crippen molar-refractivity contribution in [3.8, 4) is 0 Å². The van der Waals surface area contributed by atoms with Crippen molar-refractivity contribution >= 4 is 22.8 Å². The molecule has 0 unspecified atom stereocenters. The molecule has 2 aromatic carbocycles. The number of fused-ring (bicyclic) bond motifs is 1. The fourth-order valence-corrected chi connectivity index (χ4v) is 3.55. The highest BCUT2D eigenvalue weighted by Gasteiger charge is 2.34. The van der Waals surface area contributed by atoms with Crippen LogP contribution in [0.2, 0.25) is 0 Å². The van der Waals surface area contributed by atoms with Crippen molar-refractivity contribution in [1.29, 1.82) is 0 Å². The molecule has 7 heteroatoms. The van der Waals surface area contributed by atoms with E-state index in [0.29, 0.717) is 11.3 Å². The number of ether oxygens (including phenoxy) is 1. The summed E-state index contributed by atoms with van der Waals surface area (Å²) in [4.78, 5) is 26.2. The highest BCUT2D eigenvalue weighted by Crippen LogP contribution is 2.24. The lowest BCUT2D eigenvalue weighted by Crippen LogP contribution is -2.52. The predicted molar refractivity (Wildman–Crippen MR) is 101 cm³/mol. The predicted octanol–water partition coefficient (Wildman–Crippen LogP) is 2.75. The number of carboxylic acid groups (broad SMARTS) is 1. The van der Waals surface area contributed by atoms with Gasteiger partial charge in [-0.2, -0.15) is 0 Å². The highest BCUT2D eigenvalue weighted by atomic mass is 19.1. The molecule has 0 bridgehead atoms. The van der Waals surface area contributed by atoms with E-state index >= 15 is 0 Å². The summed E-state index contributed by atoms with van der Waals surface area (Å²) in [6.07, 6.45) is 0. The van der Waals surface area contributed by atoms with Gasteiger partial charge >= 0.3 is 5.97 Å². The molecule has 2 heterocycles. The Balaban J connectivity index is 1.79. The maximum atomic E-state index is 14.2. The largest absolute Gasteiger partial charge is 0.480 e. The van der Waals surface area contributed by atoms with E-state index < -0.39 is 17.9 Å². The number of halogens is 1. The van der Waals surface area contributed by atoms with Crippen LogP contribution < -0.4 is 0 Å². The Labute approximate surface area is 160 Å². The molecule has 1 atom stereocenters. The first-order valence-corrected chi connectivity index (χ1v) is 8.99. The summed E-state index contributed by atoms with van der Waals surface area (Å²) >= 11 is 0. The Bertz CT molecular complexity index is 1050. The average molecular weight is 382 g/mol. The Morgan fingerprint density at radius 1 is 1.14 bits per heavy atom. The van der Waals surface area contributed by atoms with Crippen LogP contribution in [0.4, 0.5) is 4.39 Å². The normalized spacial score (nSPS) is 17.0. The summed E-state index contributed by atoms with van der Waals surface area (Å²) in [5, 5.41) is 10.3. The number of para-hydroxylation sites is 1. The molecule has 0 radical (unpaired) electrons. The van der Waals surface area contributed by atoms with Gasteiger partial charge in [0, 0.05) is 23.0 Å². The molecular weight excluding hydrogens is 363 g/mol. The number of rotatable bonds is 4. The van der Waals surface area contributed by atoms with Gasteiger partial charge in [0.2, 0.25) is 0 Å². The summed E-state index contributed by atoms with van der Waals surface area (Å²) < 4.78 is 21.2. The number of amides is 1. The van der Waals surface area contributed by atoms with Gasteiger partial charge in [-0.1, -0.05) is 36.4 Å². The zero-order valence-electron chi connectivity index (χ0n) is 15.0. The van der Waals surface area contributed by atoms with Gasteiger partial charge < -0.3 is 19.3 Å². The molecule has 0 aliphatic carbocycles. The number of hydrogen-bond acceptors (Lipinski definition) is 3. The first-order chi connectivity index (χ1) is 13.6. The lowest BCUT2D eigenvalue weighted by Gasteiger charge is -2.33. The molecule has 28 heavy (non-hydrogen) atoms. The Morgan fingerprint density at radius 3 is 2.68 bits per heavy atom. The van der Waals surface area contributed by atoms with Crippen LogP contribution in [0.15, 0.2) is 54.6 Å². The highest BCUT2D eigenvalue weighted by molar-refractivity contribution is 6.00. The fourth-order valence-electron chi connectivity index (χ4n) is 3.55. The second kappa shape index (κ2) is 7.44. The van der Waals surface area contributed by atoms with Crippen molar-refractivity contribution in [3.63, 3.8) is 0 Å². The molecule has 1 aliphatic rings. The van der Waals surface area contributed by atoms with Gasteiger partial charge in [-0.15, -0.1) is 0 Å². The Kier molecular flexibility index (Phi) is 4.83. The zero-order valence-corrected chi connectivity index (χ0v) is 15.0. The number of carbonyl (C=O) groups is 2. The van der Waals surface area contributed by atoms with E-state index in [1.807, 2.05) is 24.3 Å². The minimum absolute atomic E-state index is 0.0470.